The molecule has 94 valence electrons. The van der Waals surface area contributed by atoms with Crippen LogP contribution in [0.2, 0.25) is 17.1 Å². The van der Waals surface area contributed by atoms with Crippen LogP contribution in [-0.4, -0.2) is 8.07 Å². The van der Waals surface area contributed by atoms with Gasteiger partial charge in [-0.2, -0.15) is 0 Å². The van der Waals surface area contributed by atoms with Crippen LogP contribution in [0, 0.1) is 0 Å². The van der Waals surface area contributed by atoms with E-state index in [9.17, 15) is 0 Å². The second-order valence-electron chi connectivity index (χ2n) is 6.71. The lowest BCUT2D eigenvalue weighted by Crippen LogP contribution is -2.59. The Morgan fingerprint density at radius 2 is 1.56 bits per heavy atom. The fourth-order valence-corrected chi connectivity index (χ4v) is 8.66. The summed E-state index contributed by atoms with van der Waals surface area (Å²) in [4.78, 5) is 0. The summed E-state index contributed by atoms with van der Waals surface area (Å²) in [6.45, 7) is 7.38. The molecule has 1 aliphatic rings. The van der Waals surface area contributed by atoms with E-state index in [1.807, 2.05) is 0 Å². The zero-order valence-corrected chi connectivity index (χ0v) is 12.7. The Labute approximate surface area is 111 Å². The lowest BCUT2D eigenvalue weighted by Gasteiger charge is -2.50. The van der Waals surface area contributed by atoms with Crippen LogP contribution in [-0.2, 0) is 0 Å². The smallest absolute Gasteiger partial charge is 0.0623 e. The van der Waals surface area contributed by atoms with Crippen molar-refractivity contribution in [3.8, 4) is 0 Å². The first-order valence-corrected chi connectivity index (χ1v) is 9.44. The minimum absolute atomic E-state index is 0.482. The summed E-state index contributed by atoms with van der Waals surface area (Å²) < 4.78 is 0. The van der Waals surface area contributed by atoms with Crippen LogP contribution in [0.4, 0.5) is 0 Å². The van der Waals surface area contributed by atoms with Crippen molar-refractivity contribution in [2.45, 2.75) is 44.3 Å². The maximum atomic E-state index is 2.46. The highest BCUT2D eigenvalue weighted by molar-refractivity contribution is 6.97. The Bertz CT molecular complexity index is 568. The fourth-order valence-electron chi connectivity index (χ4n) is 3.60. The predicted octanol–water partition coefficient (Wildman–Crippen LogP) is 4.70. The third-order valence-electron chi connectivity index (χ3n) is 4.95. The minimum atomic E-state index is -1.28. The summed E-state index contributed by atoms with van der Waals surface area (Å²) in [5, 5.41) is 5.12. The molecule has 1 aliphatic heterocycles. The van der Waals surface area contributed by atoms with E-state index in [4.69, 9.17) is 0 Å². The van der Waals surface area contributed by atoms with Crippen molar-refractivity contribution in [3.05, 3.63) is 42.5 Å². The van der Waals surface area contributed by atoms with Crippen molar-refractivity contribution in [1.29, 1.82) is 0 Å². The molecule has 2 aromatic rings. The normalized spacial score (nSPS) is 18.6. The van der Waals surface area contributed by atoms with E-state index < -0.39 is 8.07 Å². The van der Waals surface area contributed by atoms with E-state index >= 15 is 0 Å². The van der Waals surface area contributed by atoms with Crippen molar-refractivity contribution in [2.75, 3.05) is 0 Å². The minimum Gasteiger partial charge on any atom is -0.0623 e. The molecule has 0 aliphatic carbocycles. The van der Waals surface area contributed by atoms with Crippen molar-refractivity contribution >= 4 is 24.0 Å². The first kappa shape index (κ1) is 12.0. The van der Waals surface area contributed by atoms with E-state index in [-0.39, 0.29) is 0 Å². The number of rotatable bonds is 1. The summed E-state index contributed by atoms with van der Waals surface area (Å²) in [6, 6.07) is 18.8. The van der Waals surface area contributed by atoms with Gasteiger partial charge in [0.25, 0.3) is 0 Å². The van der Waals surface area contributed by atoms with Crippen LogP contribution >= 0.6 is 0 Å². The van der Waals surface area contributed by atoms with Crippen LogP contribution in [0.5, 0.6) is 0 Å². The Hall–Kier alpha value is -1.08. The molecule has 0 nitrogen and oxygen atoms in total. The predicted molar refractivity (Wildman–Crippen MR) is 83.3 cm³/mol. The SMILES string of the molecule is CC(C)(C)[Si]1(c2cccc3ccccc23)CCC1. The van der Waals surface area contributed by atoms with Gasteiger partial charge in [0.1, 0.15) is 0 Å². The highest BCUT2D eigenvalue weighted by atomic mass is 28.3. The molecule has 0 radical (unpaired) electrons. The van der Waals surface area contributed by atoms with Crippen molar-refractivity contribution in [1.82, 2.24) is 0 Å². The monoisotopic (exact) mass is 254 g/mol. The Morgan fingerprint density at radius 1 is 0.889 bits per heavy atom. The van der Waals surface area contributed by atoms with Gasteiger partial charge in [-0.05, 0) is 15.8 Å². The summed E-state index contributed by atoms with van der Waals surface area (Å²) in [6.07, 6.45) is 1.44. The van der Waals surface area contributed by atoms with Gasteiger partial charge in [0, 0.05) is 0 Å². The van der Waals surface area contributed by atoms with E-state index in [0.717, 1.165) is 0 Å². The third-order valence-corrected chi connectivity index (χ3v) is 11.7. The molecule has 0 saturated carbocycles. The number of hydrogen-bond donors (Lipinski definition) is 0. The molecule has 0 atom stereocenters. The summed E-state index contributed by atoms with van der Waals surface area (Å²) in [5.41, 5.74) is 0. The standard InChI is InChI=1S/C17H22Si/c1-17(2,3)18(12-7-13-18)16-11-6-9-14-8-4-5-10-15(14)16/h4-6,8-11H,7,12-13H2,1-3H3. The van der Waals surface area contributed by atoms with Gasteiger partial charge in [-0.15, -0.1) is 0 Å². The van der Waals surface area contributed by atoms with Crippen LogP contribution in [0.1, 0.15) is 27.2 Å². The highest BCUT2D eigenvalue weighted by Gasteiger charge is 2.50. The van der Waals surface area contributed by atoms with Gasteiger partial charge in [0.15, 0.2) is 0 Å². The summed E-state index contributed by atoms with van der Waals surface area (Å²) in [7, 11) is -1.28. The second kappa shape index (κ2) is 3.96. The largest absolute Gasteiger partial charge is 0.0927 e. The molecule has 1 saturated heterocycles. The Morgan fingerprint density at radius 3 is 2.17 bits per heavy atom. The first-order valence-electron chi connectivity index (χ1n) is 7.03. The maximum absolute atomic E-state index is 2.46. The average Bonchev–Trinajstić information content (AvgIpc) is 2.26. The van der Waals surface area contributed by atoms with Gasteiger partial charge < -0.3 is 0 Å². The fraction of sp³-hybridized carbons (Fsp3) is 0.412. The molecule has 0 unspecified atom stereocenters. The molecule has 0 aromatic heterocycles. The van der Waals surface area contributed by atoms with E-state index in [1.165, 1.54) is 29.3 Å². The molecule has 1 fully saturated rings. The quantitative estimate of drug-likeness (QED) is 0.647. The summed E-state index contributed by atoms with van der Waals surface area (Å²) >= 11 is 0. The summed E-state index contributed by atoms with van der Waals surface area (Å²) in [5.74, 6) is 0. The Balaban J connectivity index is 2.25. The maximum Gasteiger partial charge on any atom is 0.0927 e. The van der Waals surface area contributed by atoms with E-state index in [1.54, 1.807) is 5.19 Å². The molecular formula is C17H22Si. The van der Waals surface area contributed by atoms with Gasteiger partial charge in [0.05, 0.1) is 8.07 Å². The lowest BCUT2D eigenvalue weighted by molar-refractivity contribution is 0.671. The zero-order chi connectivity index (χ0) is 12.8. The average molecular weight is 254 g/mol. The molecule has 3 rings (SSSR count). The van der Waals surface area contributed by atoms with E-state index in [2.05, 4.69) is 63.2 Å². The van der Waals surface area contributed by atoms with Crippen LogP contribution in [0.3, 0.4) is 0 Å². The highest BCUT2D eigenvalue weighted by Crippen LogP contribution is 2.50. The molecule has 2 aromatic carbocycles. The topological polar surface area (TPSA) is 0 Å². The van der Waals surface area contributed by atoms with Gasteiger partial charge >= 0.3 is 0 Å². The van der Waals surface area contributed by atoms with Gasteiger partial charge in [-0.25, -0.2) is 0 Å². The van der Waals surface area contributed by atoms with Crippen LogP contribution in [0.15, 0.2) is 42.5 Å². The molecule has 0 N–H and O–H groups in total. The lowest BCUT2D eigenvalue weighted by atomic mass is 10.1. The number of fused-ring (bicyclic) bond motifs is 1. The third kappa shape index (κ3) is 1.57. The zero-order valence-electron chi connectivity index (χ0n) is 11.7. The van der Waals surface area contributed by atoms with Crippen LogP contribution in [0.25, 0.3) is 10.8 Å². The van der Waals surface area contributed by atoms with E-state index in [0.29, 0.717) is 5.04 Å². The molecule has 0 spiro atoms. The molecule has 18 heavy (non-hydrogen) atoms. The number of hydrogen-bond acceptors (Lipinski definition) is 0. The second-order valence-corrected chi connectivity index (χ2v) is 11.9. The molecule has 0 bridgehead atoms. The molecule has 1 heteroatoms. The Kier molecular flexibility index (Phi) is 2.63. The van der Waals surface area contributed by atoms with Crippen LogP contribution < -0.4 is 5.19 Å². The molecular weight excluding hydrogens is 232 g/mol. The van der Waals surface area contributed by atoms with Gasteiger partial charge in [-0.3, -0.25) is 0 Å². The van der Waals surface area contributed by atoms with Gasteiger partial charge in [-0.1, -0.05) is 86.9 Å². The molecule has 1 heterocycles. The van der Waals surface area contributed by atoms with Crippen molar-refractivity contribution in [2.24, 2.45) is 0 Å². The molecule has 0 amide bonds. The van der Waals surface area contributed by atoms with Gasteiger partial charge in [0.2, 0.25) is 0 Å². The number of benzene rings is 2. The first-order chi connectivity index (χ1) is 8.55. The van der Waals surface area contributed by atoms with Crippen molar-refractivity contribution in [3.63, 3.8) is 0 Å². The van der Waals surface area contributed by atoms with Crippen molar-refractivity contribution < 1.29 is 0 Å².